The average molecular weight is 348 g/mol. The van der Waals surface area contributed by atoms with E-state index in [-0.39, 0.29) is 17.6 Å². The number of hydrogen-bond acceptors (Lipinski definition) is 7. The maximum absolute atomic E-state index is 11.2. The fraction of sp³-hybridized carbons (Fsp3) is 0.389. The van der Waals surface area contributed by atoms with Crippen molar-refractivity contribution >= 4 is 16.9 Å². The van der Waals surface area contributed by atoms with Gasteiger partial charge in [-0.15, -0.1) is 0 Å². The first-order valence-electron chi connectivity index (χ1n) is 7.83. The molecule has 0 aliphatic carbocycles. The van der Waals surface area contributed by atoms with Crippen LogP contribution in [0.2, 0.25) is 0 Å². The molecule has 0 spiro atoms. The van der Waals surface area contributed by atoms with E-state index in [9.17, 15) is 9.90 Å². The van der Waals surface area contributed by atoms with Gasteiger partial charge < -0.3 is 28.8 Å². The Bertz CT molecular complexity index is 784. The summed E-state index contributed by atoms with van der Waals surface area (Å²) in [6.07, 6.45) is -1.04. The molecule has 1 atom stereocenters. The first-order valence-corrected chi connectivity index (χ1v) is 7.83. The minimum atomic E-state index is -0.900. The Balaban J connectivity index is 1.74. The Hall–Kier alpha value is -2.51. The lowest BCUT2D eigenvalue weighted by molar-refractivity contribution is -0.141. The summed E-state index contributed by atoms with van der Waals surface area (Å²) in [7, 11) is 1.20. The van der Waals surface area contributed by atoms with Crippen molar-refractivity contribution in [2.45, 2.75) is 25.7 Å². The summed E-state index contributed by atoms with van der Waals surface area (Å²) in [5.41, 5.74) is 0. The summed E-state index contributed by atoms with van der Waals surface area (Å²) in [6.45, 7) is 4.56. The van der Waals surface area contributed by atoms with E-state index in [0.29, 0.717) is 19.0 Å². The quantitative estimate of drug-likeness (QED) is 0.671. The van der Waals surface area contributed by atoms with E-state index in [4.69, 9.17) is 18.9 Å². The fourth-order valence-corrected chi connectivity index (χ4v) is 2.58. The van der Waals surface area contributed by atoms with Crippen molar-refractivity contribution in [3.8, 4) is 17.2 Å². The van der Waals surface area contributed by atoms with Crippen LogP contribution in [0.25, 0.3) is 10.8 Å². The summed E-state index contributed by atoms with van der Waals surface area (Å²) in [4.78, 5) is 11.2. The van der Waals surface area contributed by atoms with E-state index in [1.54, 1.807) is 18.2 Å². The molecule has 1 aliphatic rings. The highest BCUT2D eigenvalue weighted by atomic mass is 16.7. The molecule has 1 N–H and O–H groups in total. The average Bonchev–Trinajstić information content (AvgIpc) is 2.92. The van der Waals surface area contributed by atoms with Crippen LogP contribution in [0.3, 0.4) is 0 Å². The van der Waals surface area contributed by atoms with E-state index in [1.165, 1.54) is 13.2 Å². The number of phenolic OH excluding ortho intramolecular Hbond substituents is 1. The van der Waals surface area contributed by atoms with Crippen LogP contribution in [0, 0.1) is 0 Å². The van der Waals surface area contributed by atoms with Gasteiger partial charge in [-0.25, -0.2) is 4.79 Å². The zero-order valence-corrected chi connectivity index (χ0v) is 14.3. The maximum Gasteiger partial charge on any atom is 0.513 e. The van der Waals surface area contributed by atoms with Gasteiger partial charge >= 0.3 is 6.16 Å². The number of carbonyl (C=O) groups is 1. The number of ether oxygens (including phenoxy) is 5. The number of rotatable bonds is 4. The molecule has 2 aromatic rings. The highest BCUT2D eigenvalue weighted by Crippen LogP contribution is 2.33. The van der Waals surface area contributed by atoms with Gasteiger partial charge in [-0.05, 0) is 48.9 Å². The van der Waals surface area contributed by atoms with Gasteiger partial charge in [-0.2, -0.15) is 0 Å². The number of hydrogen-bond donors (Lipinski definition) is 1. The molecular weight excluding hydrogens is 328 g/mol. The van der Waals surface area contributed by atoms with Crippen LogP contribution < -0.4 is 9.47 Å². The van der Waals surface area contributed by atoms with Crippen molar-refractivity contribution in [1.29, 1.82) is 0 Å². The normalized spacial score (nSPS) is 18.9. The van der Waals surface area contributed by atoms with Crippen LogP contribution in [0.4, 0.5) is 4.79 Å². The lowest BCUT2D eigenvalue weighted by Gasteiger charge is -2.17. The minimum absolute atomic E-state index is 0.0192. The lowest BCUT2D eigenvalue weighted by atomic mass is 10.1. The molecule has 3 rings (SSSR count). The number of aromatic hydroxyl groups is 1. The molecule has 0 amide bonds. The standard InChI is InChI=1S/C18H20O7/c1-18(2)23-10-14(25-18)9-22-13-5-4-11-7-15(19)16(8-12(11)6-13)24-17(20)21-3/h4-8,14,19H,9-10H2,1-3H3/t14-/m0/s1. The molecule has 1 fully saturated rings. The number of methoxy groups -OCH3 is 1. The van der Waals surface area contributed by atoms with E-state index >= 15 is 0 Å². The van der Waals surface area contributed by atoms with Gasteiger partial charge in [0.25, 0.3) is 0 Å². The van der Waals surface area contributed by atoms with Gasteiger partial charge in [-0.1, -0.05) is 6.07 Å². The fourth-order valence-electron chi connectivity index (χ4n) is 2.58. The van der Waals surface area contributed by atoms with E-state index in [1.807, 2.05) is 19.9 Å². The van der Waals surface area contributed by atoms with E-state index in [0.717, 1.165) is 10.8 Å². The van der Waals surface area contributed by atoms with Crippen LogP contribution in [0.5, 0.6) is 17.2 Å². The number of fused-ring (bicyclic) bond motifs is 1. The molecule has 2 aromatic carbocycles. The second-order valence-corrected chi connectivity index (χ2v) is 6.15. The molecule has 7 nitrogen and oxygen atoms in total. The Morgan fingerprint density at radius 2 is 2.08 bits per heavy atom. The van der Waals surface area contributed by atoms with Gasteiger partial charge in [0.05, 0.1) is 13.7 Å². The van der Waals surface area contributed by atoms with Crippen LogP contribution in [0.1, 0.15) is 13.8 Å². The number of carbonyl (C=O) groups excluding carboxylic acids is 1. The van der Waals surface area contributed by atoms with Crippen molar-refractivity contribution in [1.82, 2.24) is 0 Å². The summed E-state index contributed by atoms with van der Waals surface area (Å²) < 4.78 is 26.3. The largest absolute Gasteiger partial charge is 0.513 e. The van der Waals surface area contributed by atoms with Crippen LogP contribution in [0.15, 0.2) is 30.3 Å². The zero-order valence-electron chi connectivity index (χ0n) is 14.3. The molecule has 0 aromatic heterocycles. The lowest BCUT2D eigenvalue weighted by Crippen LogP contribution is -2.25. The third kappa shape index (κ3) is 4.12. The molecule has 25 heavy (non-hydrogen) atoms. The van der Waals surface area contributed by atoms with Crippen molar-refractivity contribution in [3.63, 3.8) is 0 Å². The van der Waals surface area contributed by atoms with E-state index < -0.39 is 11.9 Å². The predicted molar refractivity (Wildman–Crippen MR) is 89.0 cm³/mol. The summed E-state index contributed by atoms with van der Waals surface area (Å²) >= 11 is 0. The topological polar surface area (TPSA) is 83.5 Å². The Morgan fingerprint density at radius 3 is 2.76 bits per heavy atom. The Labute approximate surface area is 145 Å². The van der Waals surface area contributed by atoms with Gasteiger partial charge in [0.2, 0.25) is 0 Å². The molecule has 134 valence electrons. The first-order chi connectivity index (χ1) is 11.9. The Kier molecular flexibility index (Phi) is 4.69. The third-order valence-electron chi connectivity index (χ3n) is 3.75. The SMILES string of the molecule is COC(=O)Oc1cc2cc(OC[C@H]3COC(C)(C)O3)ccc2cc1O. The van der Waals surface area contributed by atoms with Gasteiger partial charge in [0.1, 0.15) is 18.5 Å². The van der Waals surface area contributed by atoms with E-state index in [2.05, 4.69) is 4.74 Å². The zero-order chi connectivity index (χ0) is 18.0. The van der Waals surface area contributed by atoms with Crippen LogP contribution in [-0.2, 0) is 14.2 Å². The number of phenols is 1. The molecule has 0 unspecified atom stereocenters. The van der Waals surface area contributed by atoms with Crippen LogP contribution in [-0.4, -0.2) is 43.5 Å². The van der Waals surface area contributed by atoms with Gasteiger partial charge in [0.15, 0.2) is 17.3 Å². The van der Waals surface area contributed by atoms with Crippen molar-refractivity contribution in [3.05, 3.63) is 30.3 Å². The molecule has 1 aliphatic heterocycles. The summed E-state index contributed by atoms with van der Waals surface area (Å²) in [6, 6.07) is 8.45. The smallest absolute Gasteiger partial charge is 0.504 e. The second kappa shape index (κ2) is 6.78. The highest BCUT2D eigenvalue weighted by molar-refractivity contribution is 5.87. The monoisotopic (exact) mass is 348 g/mol. The molecule has 0 radical (unpaired) electrons. The van der Waals surface area contributed by atoms with Crippen LogP contribution >= 0.6 is 0 Å². The predicted octanol–water partition coefficient (Wildman–Crippen LogP) is 3.22. The molecule has 7 heteroatoms. The van der Waals surface area contributed by atoms with Gasteiger partial charge in [0, 0.05) is 0 Å². The summed E-state index contributed by atoms with van der Waals surface area (Å²) in [5.74, 6) is -0.0821. The third-order valence-corrected chi connectivity index (χ3v) is 3.75. The molecule has 1 saturated heterocycles. The van der Waals surface area contributed by atoms with Crippen molar-refractivity contribution in [2.24, 2.45) is 0 Å². The number of benzene rings is 2. The Morgan fingerprint density at radius 1 is 1.28 bits per heavy atom. The van der Waals surface area contributed by atoms with Crippen molar-refractivity contribution < 1.29 is 33.6 Å². The first kappa shape index (κ1) is 17.3. The second-order valence-electron chi connectivity index (χ2n) is 6.15. The van der Waals surface area contributed by atoms with Crippen molar-refractivity contribution in [2.75, 3.05) is 20.3 Å². The highest BCUT2D eigenvalue weighted by Gasteiger charge is 2.32. The molecular formula is C18H20O7. The minimum Gasteiger partial charge on any atom is -0.504 e. The molecule has 0 saturated carbocycles. The molecule has 0 bridgehead atoms. The maximum atomic E-state index is 11.2. The molecule has 1 heterocycles. The van der Waals surface area contributed by atoms with Gasteiger partial charge in [-0.3, -0.25) is 0 Å². The summed E-state index contributed by atoms with van der Waals surface area (Å²) in [5, 5.41) is 11.5.